The third-order valence-corrected chi connectivity index (χ3v) is 5.10. The maximum absolute atomic E-state index is 3.91. The van der Waals surface area contributed by atoms with Crippen LogP contribution < -0.4 is 5.30 Å². The van der Waals surface area contributed by atoms with Gasteiger partial charge in [0.25, 0.3) is 0 Å². The first kappa shape index (κ1) is 12.9. The molecule has 1 aromatic carbocycles. The van der Waals surface area contributed by atoms with Crippen LogP contribution in [-0.4, -0.2) is 5.66 Å². The van der Waals surface area contributed by atoms with E-state index in [9.17, 15) is 0 Å². The minimum absolute atomic E-state index is 0.312. The average molecular weight is 230 g/mol. The summed E-state index contributed by atoms with van der Waals surface area (Å²) in [7, 11) is -0.312. The van der Waals surface area contributed by atoms with E-state index in [0.717, 1.165) is 0 Å². The Hall–Kier alpha value is -1.13. The van der Waals surface area contributed by atoms with Crippen molar-refractivity contribution in [3.05, 3.63) is 67.0 Å². The summed E-state index contributed by atoms with van der Waals surface area (Å²) in [5.41, 5.74) is 0.613. The molecular formula is C15H19P. The van der Waals surface area contributed by atoms with E-state index < -0.39 is 0 Å². The monoisotopic (exact) mass is 230 g/mol. The van der Waals surface area contributed by atoms with Gasteiger partial charge in [-0.15, -0.1) is 0 Å². The van der Waals surface area contributed by atoms with Gasteiger partial charge in [0.2, 0.25) is 0 Å². The summed E-state index contributed by atoms with van der Waals surface area (Å²) < 4.78 is 0. The van der Waals surface area contributed by atoms with Crippen molar-refractivity contribution in [1.82, 2.24) is 0 Å². The molecule has 0 aliphatic heterocycles. The Bertz CT molecular complexity index is 374. The molecule has 0 bridgehead atoms. The highest BCUT2D eigenvalue weighted by molar-refractivity contribution is 7.70. The summed E-state index contributed by atoms with van der Waals surface area (Å²) in [5, 5.41) is 2.70. The van der Waals surface area contributed by atoms with Gasteiger partial charge in [0.15, 0.2) is 0 Å². The predicted molar refractivity (Wildman–Crippen MR) is 76.6 cm³/mol. The molecule has 0 aliphatic rings. The lowest BCUT2D eigenvalue weighted by molar-refractivity contribution is 1.10. The normalized spacial score (nSPS) is 13.6. The van der Waals surface area contributed by atoms with Gasteiger partial charge in [-0.3, -0.25) is 0 Å². The van der Waals surface area contributed by atoms with Crippen molar-refractivity contribution in [3.63, 3.8) is 0 Å². The van der Waals surface area contributed by atoms with Crippen LogP contribution in [-0.2, 0) is 0 Å². The highest BCUT2D eigenvalue weighted by atomic mass is 31.1. The maximum Gasteiger partial charge on any atom is -0.0186 e. The fourth-order valence-corrected chi connectivity index (χ4v) is 4.15. The van der Waals surface area contributed by atoms with Crippen molar-refractivity contribution in [2.24, 2.45) is 0 Å². The van der Waals surface area contributed by atoms with E-state index in [1.54, 1.807) is 0 Å². The Balaban J connectivity index is 3.14. The standard InChI is InChI=1S/C15H19P/c1-5-10-14(6-2)16(13(3)4)15-11-8-7-9-12-15/h5-13H,1-2H2,3-4H3/b14-10+. The van der Waals surface area contributed by atoms with Crippen LogP contribution in [0.1, 0.15) is 13.8 Å². The lowest BCUT2D eigenvalue weighted by atomic mass is 10.4. The molecule has 0 heterocycles. The zero-order valence-corrected chi connectivity index (χ0v) is 11.0. The molecule has 16 heavy (non-hydrogen) atoms. The smallest absolute Gasteiger partial charge is 0.0186 e. The molecule has 0 radical (unpaired) electrons. The minimum atomic E-state index is -0.312. The van der Waals surface area contributed by atoms with E-state index in [1.807, 2.05) is 12.2 Å². The highest BCUT2D eigenvalue weighted by Gasteiger charge is 2.17. The Morgan fingerprint density at radius 3 is 2.25 bits per heavy atom. The summed E-state index contributed by atoms with van der Waals surface area (Å²) in [6, 6.07) is 10.7. The van der Waals surface area contributed by atoms with E-state index in [4.69, 9.17) is 0 Å². The van der Waals surface area contributed by atoms with Gasteiger partial charge < -0.3 is 0 Å². The van der Waals surface area contributed by atoms with Gasteiger partial charge in [-0.2, -0.15) is 0 Å². The summed E-state index contributed by atoms with van der Waals surface area (Å²) in [6.45, 7) is 12.2. The first-order chi connectivity index (χ1) is 7.70. The summed E-state index contributed by atoms with van der Waals surface area (Å²) in [4.78, 5) is 0. The Labute approximate surface area is 100 Å². The second-order valence-corrected chi connectivity index (χ2v) is 6.64. The molecule has 84 valence electrons. The minimum Gasteiger partial charge on any atom is -0.0990 e. The Kier molecular flexibility index (Phi) is 5.22. The maximum atomic E-state index is 3.91. The largest absolute Gasteiger partial charge is 0.0990 e. The van der Waals surface area contributed by atoms with Gasteiger partial charge in [0.1, 0.15) is 0 Å². The van der Waals surface area contributed by atoms with E-state index in [2.05, 4.69) is 63.4 Å². The van der Waals surface area contributed by atoms with Crippen LogP contribution in [0.5, 0.6) is 0 Å². The van der Waals surface area contributed by atoms with Gasteiger partial charge in [0.05, 0.1) is 0 Å². The molecule has 0 aliphatic carbocycles. The van der Waals surface area contributed by atoms with Crippen molar-refractivity contribution >= 4 is 13.2 Å². The number of hydrogen-bond acceptors (Lipinski definition) is 0. The van der Waals surface area contributed by atoms with Gasteiger partial charge in [-0.25, -0.2) is 0 Å². The zero-order chi connectivity index (χ0) is 12.0. The van der Waals surface area contributed by atoms with E-state index in [-0.39, 0.29) is 7.92 Å². The molecule has 0 fully saturated rings. The molecule has 1 rings (SSSR count). The second kappa shape index (κ2) is 6.45. The quantitative estimate of drug-likeness (QED) is 0.517. The van der Waals surface area contributed by atoms with Gasteiger partial charge in [-0.1, -0.05) is 75.6 Å². The van der Waals surface area contributed by atoms with E-state index in [0.29, 0.717) is 5.66 Å². The predicted octanol–water partition coefficient (Wildman–Crippen LogP) is 4.46. The fraction of sp³-hybridized carbons (Fsp3) is 0.200. The molecular weight excluding hydrogens is 211 g/mol. The van der Waals surface area contributed by atoms with Crippen LogP contribution in [0.2, 0.25) is 0 Å². The van der Waals surface area contributed by atoms with Gasteiger partial charge in [-0.05, 0) is 24.2 Å². The van der Waals surface area contributed by atoms with Gasteiger partial charge >= 0.3 is 0 Å². The molecule has 0 aromatic heterocycles. The third-order valence-electron chi connectivity index (χ3n) is 2.33. The molecule has 1 unspecified atom stereocenters. The first-order valence-electron chi connectivity index (χ1n) is 5.50. The fourth-order valence-electron chi connectivity index (χ4n) is 1.70. The van der Waals surface area contributed by atoms with Crippen molar-refractivity contribution in [1.29, 1.82) is 0 Å². The highest BCUT2D eigenvalue weighted by Crippen LogP contribution is 2.48. The molecule has 0 N–H and O–H groups in total. The average Bonchev–Trinajstić information content (AvgIpc) is 2.29. The second-order valence-electron chi connectivity index (χ2n) is 3.83. The summed E-state index contributed by atoms with van der Waals surface area (Å²) >= 11 is 0. The first-order valence-corrected chi connectivity index (χ1v) is 6.91. The van der Waals surface area contributed by atoms with Crippen LogP contribution in [0.15, 0.2) is 67.0 Å². The number of rotatable bonds is 5. The van der Waals surface area contributed by atoms with E-state index in [1.165, 1.54) is 10.6 Å². The lowest BCUT2D eigenvalue weighted by Gasteiger charge is -2.23. The molecule has 1 atom stereocenters. The molecule has 1 heteroatoms. The van der Waals surface area contributed by atoms with Crippen LogP contribution >= 0.6 is 7.92 Å². The van der Waals surface area contributed by atoms with Crippen LogP contribution in [0.3, 0.4) is 0 Å². The molecule has 0 amide bonds. The third kappa shape index (κ3) is 3.18. The topological polar surface area (TPSA) is 0 Å². The summed E-state index contributed by atoms with van der Waals surface area (Å²) in [5.74, 6) is 0. The van der Waals surface area contributed by atoms with Crippen LogP contribution in [0.25, 0.3) is 0 Å². The van der Waals surface area contributed by atoms with Crippen molar-refractivity contribution in [2.45, 2.75) is 19.5 Å². The number of hydrogen-bond donors (Lipinski definition) is 0. The Morgan fingerprint density at radius 2 is 1.81 bits per heavy atom. The SMILES string of the molecule is C=C/C=C(\C=C)P(c1ccccc1)C(C)C. The van der Waals surface area contributed by atoms with Crippen LogP contribution in [0, 0.1) is 0 Å². The molecule has 1 aromatic rings. The van der Waals surface area contributed by atoms with E-state index >= 15 is 0 Å². The van der Waals surface area contributed by atoms with Crippen molar-refractivity contribution < 1.29 is 0 Å². The van der Waals surface area contributed by atoms with Gasteiger partial charge in [0, 0.05) is 0 Å². The number of allylic oxidation sites excluding steroid dienone is 4. The molecule has 0 saturated heterocycles. The van der Waals surface area contributed by atoms with Crippen LogP contribution in [0.4, 0.5) is 0 Å². The summed E-state index contributed by atoms with van der Waals surface area (Å²) in [6.07, 6.45) is 5.88. The van der Waals surface area contributed by atoms with Crippen molar-refractivity contribution in [2.75, 3.05) is 0 Å². The number of benzene rings is 1. The Morgan fingerprint density at radius 1 is 1.19 bits per heavy atom. The zero-order valence-electron chi connectivity index (χ0n) is 10.1. The lowest BCUT2D eigenvalue weighted by Crippen LogP contribution is -2.08. The molecule has 0 saturated carbocycles. The van der Waals surface area contributed by atoms with Crippen molar-refractivity contribution in [3.8, 4) is 0 Å². The molecule has 0 spiro atoms. The molecule has 0 nitrogen and oxygen atoms in total.